The summed E-state index contributed by atoms with van der Waals surface area (Å²) in [6, 6.07) is 13.6. The molecule has 0 spiro atoms. The highest BCUT2D eigenvalue weighted by molar-refractivity contribution is 6.08. The number of amides is 1. The summed E-state index contributed by atoms with van der Waals surface area (Å²) in [4.78, 5) is 16.4. The number of nitrogens with one attached hydrogen (secondary N) is 1. The molecule has 3 nitrogen and oxygen atoms in total. The Bertz CT molecular complexity index is 825. The van der Waals surface area contributed by atoms with Gasteiger partial charge in [0.25, 0.3) is 5.91 Å². The summed E-state index contributed by atoms with van der Waals surface area (Å²) >= 11 is 0. The summed E-state index contributed by atoms with van der Waals surface area (Å²) in [6.07, 6.45) is 1.69. The van der Waals surface area contributed by atoms with Gasteiger partial charge in [0, 0.05) is 11.6 Å². The van der Waals surface area contributed by atoms with Gasteiger partial charge in [-0.25, -0.2) is 4.39 Å². The Hall–Kier alpha value is -2.75. The van der Waals surface area contributed by atoms with Gasteiger partial charge in [-0.3, -0.25) is 9.78 Å². The molecule has 0 aliphatic heterocycles. The number of hydrogen-bond donors (Lipinski definition) is 1. The molecular weight excluding hydrogens is 267 g/mol. The van der Waals surface area contributed by atoms with Gasteiger partial charge in [0.2, 0.25) is 0 Å². The van der Waals surface area contributed by atoms with Crippen LogP contribution in [-0.4, -0.2) is 10.9 Å². The number of aryl methyl sites for hydroxylation is 1. The normalized spacial score (nSPS) is 10.6. The fourth-order valence-electron chi connectivity index (χ4n) is 2.21. The zero-order valence-electron chi connectivity index (χ0n) is 11.4. The van der Waals surface area contributed by atoms with E-state index in [4.69, 9.17) is 0 Å². The molecule has 0 saturated heterocycles. The van der Waals surface area contributed by atoms with E-state index < -0.39 is 11.7 Å². The third-order valence-corrected chi connectivity index (χ3v) is 3.26. The molecule has 104 valence electrons. The smallest absolute Gasteiger partial charge is 0.258 e. The molecule has 0 fully saturated rings. The summed E-state index contributed by atoms with van der Waals surface area (Å²) in [7, 11) is 0. The lowest BCUT2D eigenvalue weighted by molar-refractivity contribution is 0.102. The second-order valence-electron chi connectivity index (χ2n) is 4.81. The standard InChI is InChI=1S/C17H13FN2O/c1-11-7-8-12(14(18)10-11)17(21)20-16-6-2-5-15-13(16)4-3-9-19-15/h2-10H,1H3,(H,20,21). The minimum atomic E-state index is -0.522. The van der Waals surface area contributed by atoms with E-state index >= 15 is 0 Å². The van der Waals surface area contributed by atoms with Crippen LogP contribution in [0.25, 0.3) is 10.9 Å². The first-order chi connectivity index (χ1) is 10.1. The van der Waals surface area contributed by atoms with Crippen molar-refractivity contribution in [2.24, 2.45) is 0 Å². The molecular formula is C17H13FN2O. The number of fused-ring (bicyclic) bond motifs is 1. The van der Waals surface area contributed by atoms with Gasteiger partial charge in [-0.15, -0.1) is 0 Å². The highest BCUT2D eigenvalue weighted by Crippen LogP contribution is 2.22. The molecule has 3 rings (SSSR count). The van der Waals surface area contributed by atoms with E-state index in [1.165, 1.54) is 12.1 Å². The molecule has 0 aliphatic carbocycles. The zero-order valence-corrected chi connectivity index (χ0v) is 11.4. The topological polar surface area (TPSA) is 42.0 Å². The fraction of sp³-hybridized carbons (Fsp3) is 0.0588. The fourth-order valence-corrected chi connectivity index (χ4v) is 2.21. The Labute approximate surface area is 121 Å². The number of carbonyl (C=O) groups is 1. The number of halogens is 1. The van der Waals surface area contributed by atoms with Crippen molar-refractivity contribution in [1.29, 1.82) is 0 Å². The quantitative estimate of drug-likeness (QED) is 0.772. The lowest BCUT2D eigenvalue weighted by Crippen LogP contribution is -2.14. The van der Waals surface area contributed by atoms with Crippen molar-refractivity contribution >= 4 is 22.5 Å². The van der Waals surface area contributed by atoms with Crippen LogP contribution in [0.5, 0.6) is 0 Å². The molecule has 0 unspecified atom stereocenters. The number of anilines is 1. The molecule has 0 radical (unpaired) electrons. The minimum Gasteiger partial charge on any atom is -0.321 e. The van der Waals surface area contributed by atoms with Crippen molar-refractivity contribution < 1.29 is 9.18 Å². The van der Waals surface area contributed by atoms with E-state index in [0.717, 1.165) is 16.5 Å². The van der Waals surface area contributed by atoms with E-state index in [2.05, 4.69) is 10.3 Å². The average molecular weight is 280 g/mol. The summed E-state index contributed by atoms with van der Waals surface area (Å²) in [5.74, 6) is -0.991. The Morgan fingerprint density at radius 3 is 2.81 bits per heavy atom. The van der Waals surface area contributed by atoms with Gasteiger partial charge in [-0.1, -0.05) is 12.1 Å². The van der Waals surface area contributed by atoms with Crippen LogP contribution in [0, 0.1) is 12.7 Å². The Morgan fingerprint density at radius 1 is 1.14 bits per heavy atom. The first-order valence-corrected chi connectivity index (χ1v) is 6.56. The largest absolute Gasteiger partial charge is 0.321 e. The summed E-state index contributed by atoms with van der Waals surface area (Å²) in [6.45, 7) is 1.78. The first kappa shape index (κ1) is 13.2. The minimum absolute atomic E-state index is 0.0292. The summed E-state index contributed by atoms with van der Waals surface area (Å²) in [5, 5.41) is 3.56. The average Bonchev–Trinajstić information content (AvgIpc) is 2.47. The monoisotopic (exact) mass is 280 g/mol. The Kier molecular flexibility index (Phi) is 3.36. The number of pyridine rings is 1. The van der Waals surface area contributed by atoms with Gasteiger partial charge in [0.15, 0.2) is 0 Å². The van der Waals surface area contributed by atoms with Crippen molar-refractivity contribution in [3.63, 3.8) is 0 Å². The lowest BCUT2D eigenvalue weighted by Gasteiger charge is -2.09. The lowest BCUT2D eigenvalue weighted by atomic mass is 10.1. The molecule has 1 N–H and O–H groups in total. The third-order valence-electron chi connectivity index (χ3n) is 3.26. The number of aromatic nitrogens is 1. The Balaban J connectivity index is 1.97. The van der Waals surface area contributed by atoms with Gasteiger partial charge in [-0.05, 0) is 48.9 Å². The Morgan fingerprint density at radius 2 is 2.00 bits per heavy atom. The second kappa shape index (κ2) is 5.32. The highest BCUT2D eigenvalue weighted by atomic mass is 19.1. The molecule has 4 heteroatoms. The SMILES string of the molecule is Cc1ccc(C(=O)Nc2cccc3ncccc23)c(F)c1. The van der Waals surface area contributed by atoms with Gasteiger partial charge >= 0.3 is 0 Å². The molecule has 2 aromatic carbocycles. The van der Waals surface area contributed by atoms with Crippen molar-refractivity contribution in [2.45, 2.75) is 6.92 Å². The number of carbonyl (C=O) groups excluding carboxylic acids is 1. The molecule has 0 aliphatic rings. The summed E-state index contributed by atoms with van der Waals surface area (Å²) < 4.78 is 13.8. The van der Waals surface area contributed by atoms with Crippen LogP contribution in [0.4, 0.5) is 10.1 Å². The van der Waals surface area contributed by atoms with E-state index in [1.54, 1.807) is 37.4 Å². The van der Waals surface area contributed by atoms with Crippen LogP contribution >= 0.6 is 0 Å². The van der Waals surface area contributed by atoms with Crippen LogP contribution in [-0.2, 0) is 0 Å². The van der Waals surface area contributed by atoms with Crippen LogP contribution in [0.1, 0.15) is 15.9 Å². The zero-order chi connectivity index (χ0) is 14.8. The predicted octanol–water partition coefficient (Wildman–Crippen LogP) is 3.93. The van der Waals surface area contributed by atoms with Gasteiger partial charge in [-0.2, -0.15) is 0 Å². The molecule has 0 bridgehead atoms. The molecule has 1 heterocycles. The molecule has 0 atom stereocenters. The maximum atomic E-state index is 13.8. The summed E-state index contributed by atoms with van der Waals surface area (Å²) in [5.41, 5.74) is 2.20. The van der Waals surface area contributed by atoms with E-state index in [-0.39, 0.29) is 5.56 Å². The molecule has 1 amide bonds. The van der Waals surface area contributed by atoms with Gasteiger partial charge in [0.05, 0.1) is 16.8 Å². The van der Waals surface area contributed by atoms with Crippen molar-refractivity contribution in [3.8, 4) is 0 Å². The van der Waals surface area contributed by atoms with Crippen LogP contribution in [0.3, 0.4) is 0 Å². The molecule has 21 heavy (non-hydrogen) atoms. The third kappa shape index (κ3) is 2.60. The number of nitrogens with zero attached hydrogens (tertiary/aromatic N) is 1. The van der Waals surface area contributed by atoms with Crippen molar-refractivity contribution in [2.75, 3.05) is 5.32 Å². The molecule has 3 aromatic rings. The molecule has 1 aromatic heterocycles. The number of benzene rings is 2. The van der Waals surface area contributed by atoms with Gasteiger partial charge in [0.1, 0.15) is 5.82 Å². The van der Waals surface area contributed by atoms with Crippen LogP contribution in [0.15, 0.2) is 54.7 Å². The highest BCUT2D eigenvalue weighted by Gasteiger charge is 2.13. The maximum Gasteiger partial charge on any atom is 0.258 e. The number of rotatable bonds is 2. The molecule has 0 saturated carbocycles. The van der Waals surface area contributed by atoms with E-state index in [0.29, 0.717) is 5.69 Å². The first-order valence-electron chi connectivity index (χ1n) is 6.56. The second-order valence-corrected chi connectivity index (χ2v) is 4.81. The van der Waals surface area contributed by atoms with Crippen molar-refractivity contribution in [1.82, 2.24) is 4.98 Å². The van der Waals surface area contributed by atoms with Crippen molar-refractivity contribution in [3.05, 3.63) is 71.7 Å². The van der Waals surface area contributed by atoms with E-state index in [1.807, 2.05) is 12.1 Å². The predicted molar refractivity (Wildman–Crippen MR) is 80.8 cm³/mol. The number of hydrogen-bond acceptors (Lipinski definition) is 2. The van der Waals surface area contributed by atoms with Crippen LogP contribution in [0.2, 0.25) is 0 Å². The van der Waals surface area contributed by atoms with Crippen LogP contribution < -0.4 is 5.32 Å². The maximum absolute atomic E-state index is 13.8. The van der Waals surface area contributed by atoms with Gasteiger partial charge < -0.3 is 5.32 Å². The van der Waals surface area contributed by atoms with E-state index in [9.17, 15) is 9.18 Å².